The summed E-state index contributed by atoms with van der Waals surface area (Å²) in [5, 5.41) is 0.735. The summed E-state index contributed by atoms with van der Waals surface area (Å²) in [4.78, 5) is 0. The Balaban J connectivity index is 2.05. The summed E-state index contributed by atoms with van der Waals surface area (Å²) >= 11 is 0. The van der Waals surface area contributed by atoms with E-state index in [9.17, 15) is 4.39 Å². The molecule has 0 aliphatic heterocycles. The van der Waals surface area contributed by atoms with Crippen molar-refractivity contribution in [3.05, 3.63) is 70.7 Å². The zero-order valence-electron chi connectivity index (χ0n) is 11.5. The van der Waals surface area contributed by atoms with E-state index < -0.39 is 0 Å². The summed E-state index contributed by atoms with van der Waals surface area (Å²) in [5.41, 5.74) is 9.86. The Morgan fingerprint density at radius 3 is 2.55 bits per heavy atom. The first-order valence-electron chi connectivity index (χ1n) is 6.57. The van der Waals surface area contributed by atoms with Crippen LogP contribution in [-0.2, 0) is 0 Å². The Labute approximate surface area is 117 Å². The quantitative estimate of drug-likeness (QED) is 0.756. The smallest absolute Gasteiger partial charge is 0.169 e. The van der Waals surface area contributed by atoms with Crippen LogP contribution >= 0.6 is 0 Å². The molecule has 20 heavy (non-hydrogen) atoms. The predicted molar refractivity (Wildman–Crippen MR) is 78.1 cm³/mol. The van der Waals surface area contributed by atoms with E-state index >= 15 is 0 Å². The molecule has 0 bridgehead atoms. The van der Waals surface area contributed by atoms with Gasteiger partial charge in [-0.1, -0.05) is 30.3 Å². The van der Waals surface area contributed by atoms with Gasteiger partial charge in [-0.25, -0.2) is 4.39 Å². The van der Waals surface area contributed by atoms with Crippen molar-refractivity contribution in [1.82, 2.24) is 0 Å². The number of rotatable bonds is 2. The predicted octanol–water partition coefficient (Wildman–Crippen LogP) is 4.24. The van der Waals surface area contributed by atoms with Crippen LogP contribution in [0, 0.1) is 19.7 Å². The van der Waals surface area contributed by atoms with Crippen molar-refractivity contribution >= 4 is 11.0 Å². The molecule has 0 radical (unpaired) electrons. The van der Waals surface area contributed by atoms with Crippen molar-refractivity contribution in [2.45, 2.75) is 19.9 Å². The summed E-state index contributed by atoms with van der Waals surface area (Å²) < 4.78 is 19.2. The second kappa shape index (κ2) is 4.76. The second-order valence-corrected chi connectivity index (χ2v) is 5.13. The van der Waals surface area contributed by atoms with Crippen LogP contribution in [0.1, 0.15) is 28.5 Å². The number of benzene rings is 2. The molecule has 2 nitrogen and oxygen atoms in total. The first-order valence-corrected chi connectivity index (χ1v) is 6.57. The van der Waals surface area contributed by atoms with Crippen LogP contribution in [0.2, 0.25) is 0 Å². The number of hydrogen-bond donors (Lipinski definition) is 1. The molecule has 3 rings (SSSR count). The third-order valence-electron chi connectivity index (χ3n) is 3.71. The first kappa shape index (κ1) is 12.9. The lowest BCUT2D eigenvalue weighted by Crippen LogP contribution is -2.11. The molecule has 1 aromatic heterocycles. The van der Waals surface area contributed by atoms with Gasteiger partial charge in [0.05, 0.1) is 6.04 Å². The highest BCUT2D eigenvalue weighted by molar-refractivity contribution is 5.78. The Morgan fingerprint density at radius 2 is 1.85 bits per heavy atom. The summed E-state index contributed by atoms with van der Waals surface area (Å²) in [6.07, 6.45) is 0. The second-order valence-electron chi connectivity index (χ2n) is 5.13. The largest absolute Gasteiger partial charge is 0.456 e. The summed E-state index contributed by atoms with van der Waals surface area (Å²) in [6, 6.07) is 12.3. The lowest BCUT2D eigenvalue weighted by atomic mass is 10.00. The monoisotopic (exact) mass is 269 g/mol. The molecule has 2 aromatic carbocycles. The van der Waals surface area contributed by atoms with Gasteiger partial charge in [0.2, 0.25) is 0 Å². The van der Waals surface area contributed by atoms with Crippen molar-refractivity contribution < 1.29 is 8.81 Å². The molecule has 0 spiro atoms. The van der Waals surface area contributed by atoms with Crippen molar-refractivity contribution in [3.63, 3.8) is 0 Å². The SMILES string of the molecule is Cc1ccc(C(N)c2cc3cccc(F)c3o2)cc1C. The number of furan rings is 1. The topological polar surface area (TPSA) is 39.2 Å². The van der Waals surface area contributed by atoms with Gasteiger partial charge < -0.3 is 10.2 Å². The highest BCUT2D eigenvalue weighted by atomic mass is 19.1. The lowest BCUT2D eigenvalue weighted by molar-refractivity contribution is 0.502. The molecule has 0 saturated heterocycles. The molecule has 0 saturated carbocycles. The molecule has 1 unspecified atom stereocenters. The molecule has 102 valence electrons. The highest BCUT2D eigenvalue weighted by Gasteiger charge is 2.16. The number of nitrogens with two attached hydrogens (primary N) is 1. The van der Waals surface area contributed by atoms with Crippen LogP contribution < -0.4 is 5.73 Å². The lowest BCUT2D eigenvalue weighted by Gasteiger charge is -2.11. The summed E-state index contributed by atoms with van der Waals surface area (Å²) in [6.45, 7) is 4.10. The van der Waals surface area contributed by atoms with Crippen molar-refractivity contribution in [2.75, 3.05) is 0 Å². The molecule has 1 atom stereocenters. The Kier molecular flexibility index (Phi) is 3.07. The van der Waals surface area contributed by atoms with E-state index in [1.807, 2.05) is 31.2 Å². The van der Waals surface area contributed by atoms with Crippen LogP contribution in [0.15, 0.2) is 46.9 Å². The fourth-order valence-electron chi connectivity index (χ4n) is 2.32. The molecule has 3 aromatic rings. The molecule has 1 heterocycles. The van der Waals surface area contributed by atoms with Crippen LogP contribution in [0.5, 0.6) is 0 Å². The summed E-state index contributed by atoms with van der Waals surface area (Å²) in [7, 11) is 0. The minimum absolute atomic E-state index is 0.266. The van der Waals surface area contributed by atoms with E-state index in [2.05, 4.69) is 6.92 Å². The third kappa shape index (κ3) is 2.10. The molecule has 2 N–H and O–H groups in total. The molecule has 0 aliphatic carbocycles. The fraction of sp³-hybridized carbons (Fsp3) is 0.176. The van der Waals surface area contributed by atoms with Gasteiger partial charge >= 0.3 is 0 Å². The minimum Gasteiger partial charge on any atom is -0.456 e. The highest BCUT2D eigenvalue weighted by Crippen LogP contribution is 2.28. The van der Waals surface area contributed by atoms with Gasteiger partial charge in [0.25, 0.3) is 0 Å². The number of halogens is 1. The average Bonchev–Trinajstić information content (AvgIpc) is 2.86. The first-order chi connectivity index (χ1) is 9.56. The van der Waals surface area contributed by atoms with Gasteiger partial charge in [-0.05, 0) is 42.7 Å². The molecule has 0 amide bonds. The van der Waals surface area contributed by atoms with Gasteiger partial charge in [-0.2, -0.15) is 0 Å². The van der Waals surface area contributed by atoms with E-state index in [1.54, 1.807) is 12.1 Å². The number of aryl methyl sites for hydroxylation is 2. The van der Waals surface area contributed by atoms with Crippen LogP contribution in [0.4, 0.5) is 4.39 Å². The number of fused-ring (bicyclic) bond motifs is 1. The Morgan fingerprint density at radius 1 is 1.05 bits per heavy atom. The maximum absolute atomic E-state index is 13.6. The van der Waals surface area contributed by atoms with Crippen molar-refractivity contribution in [1.29, 1.82) is 0 Å². The van der Waals surface area contributed by atoms with Crippen LogP contribution in [0.3, 0.4) is 0 Å². The maximum Gasteiger partial charge on any atom is 0.169 e. The van der Waals surface area contributed by atoms with E-state index in [0.29, 0.717) is 5.76 Å². The molecular weight excluding hydrogens is 253 g/mol. The normalized spacial score (nSPS) is 12.8. The number of para-hydroxylation sites is 1. The van der Waals surface area contributed by atoms with Crippen molar-refractivity contribution in [3.8, 4) is 0 Å². The minimum atomic E-state index is -0.388. The number of hydrogen-bond acceptors (Lipinski definition) is 2. The zero-order valence-corrected chi connectivity index (χ0v) is 11.5. The fourth-order valence-corrected chi connectivity index (χ4v) is 2.32. The van der Waals surface area contributed by atoms with Crippen LogP contribution in [-0.4, -0.2) is 0 Å². The van der Waals surface area contributed by atoms with Gasteiger partial charge in [0.15, 0.2) is 11.4 Å². The van der Waals surface area contributed by atoms with Gasteiger partial charge in [0, 0.05) is 5.39 Å². The van der Waals surface area contributed by atoms with Gasteiger partial charge in [-0.3, -0.25) is 0 Å². The van der Waals surface area contributed by atoms with Gasteiger partial charge in [0.1, 0.15) is 5.76 Å². The molecular formula is C17H16FNO. The van der Waals surface area contributed by atoms with Crippen LogP contribution in [0.25, 0.3) is 11.0 Å². The molecule has 0 fully saturated rings. The Bertz CT molecular complexity index is 776. The average molecular weight is 269 g/mol. The van der Waals surface area contributed by atoms with Crippen molar-refractivity contribution in [2.24, 2.45) is 5.73 Å². The Hall–Kier alpha value is -2.13. The van der Waals surface area contributed by atoms with E-state index in [1.165, 1.54) is 17.2 Å². The summed E-state index contributed by atoms with van der Waals surface area (Å²) in [5.74, 6) is 0.217. The molecule has 3 heteroatoms. The van der Waals surface area contributed by atoms with E-state index in [-0.39, 0.29) is 17.4 Å². The van der Waals surface area contributed by atoms with E-state index in [4.69, 9.17) is 10.2 Å². The third-order valence-corrected chi connectivity index (χ3v) is 3.71. The maximum atomic E-state index is 13.6. The van der Waals surface area contributed by atoms with E-state index in [0.717, 1.165) is 10.9 Å². The standard InChI is InChI=1S/C17H16FNO/c1-10-6-7-12(8-11(10)2)16(19)15-9-13-4-3-5-14(18)17(13)20-15/h3-9,16H,19H2,1-2H3. The van der Waals surface area contributed by atoms with Gasteiger partial charge in [-0.15, -0.1) is 0 Å². The molecule has 0 aliphatic rings. The zero-order chi connectivity index (χ0) is 14.3.